The summed E-state index contributed by atoms with van der Waals surface area (Å²) in [6.45, 7) is 1.71. The Morgan fingerprint density at radius 3 is 2.04 bits per heavy atom. The Morgan fingerprint density at radius 2 is 1.41 bits per heavy atom. The van der Waals surface area contributed by atoms with E-state index in [9.17, 15) is 31.9 Å². The molecule has 4 aromatic carbocycles. The lowest BCUT2D eigenvalue weighted by Gasteiger charge is -2.41. The fraction of sp³-hybridized carbons (Fsp3) is 0.265. The highest BCUT2D eigenvalue weighted by molar-refractivity contribution is 7.99. The van der Waals surface area contributed by atoms with Crippen molar-refractivity contribution in [3.05, 3.63) is 130 Å². The number of benzene rings is 4. The van der Waals surface area contributed by atoms with Gasteiger partial charge in [-0.25, -0.2) is 22.0 Å². The van der Waals surface area contributed by atoms with Crippen LogP contribution in [0.15, 0.2) is 77.7 Å². The van der Waals surface area contributed by atoms with Gasteiger partial charge in [0.05, 0.1) is 25.9 Å². The number of halogens is 5. The van der Waals surface area contributed by atoms with Crippen LogP contribution < -0.4 is 10.1 Å². The van der Waals surface area contributed by atoms with Crippen molar-refractivity contribution < 1.29 is 46.1 Å². The van der Waals surface area contributed by atoms with Crippen LogP contribution >= 0.6 is 11.8 Å². The number of ether oxygens (including phenoxy) is 3. The molecule has 0 aromatic heterocycles. The van der Waals surface area contributed by atoms with Gasteiger partial charge in [-0.3, -0.25) is 4.79 Å². The standard InChI is InChI=1S/C34H30F5NO5S/c1-18-24(17-46-25-6-4-3-5-23(25)43-2)44-34(45-32(18)21-11-9-20(16-41)10-12-21)22-13-7-19(8-14-22)15-40-33(42)26-27(35)29(37)31(39)30(38)28(26)36/h3-14,18,24,32,34,41H,15-17H2,1-2H3,(H,40,42)/t18-,24+,32+,34+/m0/s1. The first-order chi connectivity index (χ1) is 22.1. The minimum absolute atomic E-state index is 0.0603. The fourth-order valence-corrected chi connectivity index (χ4v) is 6.28. The number of hydrogen-bond donors (Lipinski definition) is 2. The van der Waals surface area contributed by atoms with E-state index in [-0.39, 0.29) is 31.3 Å². The number of rotatable bonds is 10. The molecule has 1 aliphatic rings. The molecule has 1 heterocycles. The Bertz CT molecular complexity index is 1660. The molecule has 46 heavy (non-hydrogen) atoms. The van der Waals surface area contributed by atoms with Gasteiger partial charge in [0.25, 0.3) is 5.91 Å². The van der Waals surface area contributed by atoms with Crippen molar-refractivity contribution in [2.75, 3.05) is 12.9 Å². The zero-order valence-electron chi connectivity index (χ0n) is 24.7. The predicted octanol–water partition coefficient (Wildman–Crippen LogP) is 7.40. The molecule has 1 fully saturated rings. The third kappa shape index (κ3) is 7.05. The van der Waals surface area contributed by atoms with Gasteiger partial charge in [0.1, 0.15) is 11.3 Å². The molecule has 12 heteroatoms. The molecule has 0 bridgehead atoms. The smallest absolute Gasteiger partial charge is 0.257 e. The lowest BCUT2D eigenvalue weighted by atomic mass is 9.91. The maximum atomic E-state index is 14.0. The van der Waals surface area contributed by atoms with Gasteiger partial charge in [-0.2, -0.15) is 0 Å². The van der Waals surface area contributed by atoms with Gasteiger partial charge < -0.3 is 24.6 Å². The molecule has 1 amide bonds. The molecular formula is C34H30F5NO5S. The van der Waals surface area contributed by atoms with E-state index in [2.05, 4.69) is 5.32 Å². The number of carbonyl (C=O) groups is 1. The second-order valence-corrected chi connectivity index (χ2v) is 11.7. The van der Waals surface area contributed by atoms with Crippen LogP contribution in [0.2, 0.25) is 0 Å². The number of nitrogens with one attached hydrogen (secondary N) is 1. The number of carbonyl (C=O) groups excluding carboxylic acids is 1. The second-order valence-electron chi connectivity index (χ2n) is 10.7. The summed E-state index contributed by atoms with van der Waals surface area (Å²) in [5.41, 5.74) is 1.28. The fourth-order valence-electron chi connectivity index (χ4n) is 5.09. The van der Waals surface area contributed by atoms with E-state index >= 15 is 0 Å². The van der Waals surface area contributed by atoms with E-state index in [0.29, 0.717) is 16.9 Å². The van der Waals surface area contributed by atoms with E-state index in [4.69, 9.17) is 14.2 Å². The second kappa shape index (κ2) is 14.6. The summed E-state index contributed by atoms with van der Waals surface area (Å²) in [5, 5.41) is 11.7. The molecule has 242 valence electrons. The molecule has 5 rings (SSSR count). The lowest BCUT2D eigenvalue weighted by molar-refractivity contribution is -0.268. The Balaban J connectivity index is 1.33. The Morgan fingerprint density at radius 1 is 0.826 bits per heavy atom. The first-order valence-electron chi connectivity index (χ1n) is 14.3. The van der Waals surface area contributed by atoms with Crippen molar-refractivity contribution in [3.63, 3.8) is 0 Å². The first kappa shape index (κ1) is 33.4. The van der Waals surface area contributed by atoms with Crippen molar-refractivity contribution in [2.24, 2.45) is 5.92 Å². The summed E-state index contributed by atoms with van der Waals surface area (Å²) in [7, 11) is 1.61. The van der Waals surface area contributed by atoms with Crippen LogP contribution in [0.4, 0.5) is 22.0 Å². The highest BCUT2D eigenvalue weighted by Crippen LogP contribution is 2.43. The minimum Gasteiger partial charge on any atom is -0.496 e. The van der Waals surface area contributed by atoms with Gasteiger partial charge in [-0.1, -0.05) is 67.6 Å². The van der Waals surface area contributed by atoms with Crippen molar-refractivity contribution in [2.45, 2.75) is 43.5 Å². The van der Waals surface area contributed by atoms with E-state index < -0.39 is 46.8 Å². The first-order valence-corrected chi connectivity index (χ1v) is 15.3. The molecule has 1 saturated heterocycles. The Kier molecular flexibility index (Phi) is 10.6. The average Bonchev–Trinajstić information content (AvgIpc) is 3.09. The SMILES string of the molecule is COc1ccccc1SC[C@H]1O[C@@H](c2ccc(CNC(=O)c3c(F)c(F)c(F)c(F)c3F)cc2)O[C@@H](c2ccc(CO)cc2)[C@H]1C. The Hall–Kier alpha value is -3.97. The van der Waals surface area contributed by atoms with Crippen LogP contribution in [-0.2, 0) is 22.6 Å². The zero-order chi connectivity index (χ0) is 33.0. The van der Waals surface area contributed by atoms with Gasteiger partial charge in [0, 0.05) is 28.7 Å². The number of aliphatic hydroxyl groups excluding tert-OH is 1. The summed E-state index contributed by atoms with van der Waals surface area (Å²) in [6.07, 6.45) is -1.38. The third-order valence-electron chi connectivity index (χ3n) is 7.74. The number of para-hydroxylation sites is 1. The summed E-state index contributed by atoms with van der Waals surface area (Å²) >= 11 is 1.60. The minimum atomic E-state index is -2.34. The van der Waals surface area contributed by atoms with Gasteiger partial charge in [0.2, 0.25) is 5.82 Å². The number of hydrogen-bond acceptors (Lipinski definition) is 6. The molecule has 0 spiro atoms. The molecule has 0 radical (unpaired) electrons. The summed E-state index contributed by atoms with van der Waals surface area (Å²) in [6, 6.07) is 21.9. The van der Waals surface area contributed by atoms with Gasteiger partial charge >= 0.3 is 0 Å². The predicted molar refractivity (Wildman–Crippen MR) is 161 cm³/mol. The summed E-state index contributed by atoms with van der Waals surface area (Å²) in [5.74, 6) is -11.3. The maximum absolute atomic E-state index is 14.0. The topological polar surface area (TPSA) is 77.0 Å². The van der Waals surface area contributed by atoms with E-state index in [1.54, 1.807) is 43.1 Å². The summed E-state index contributed by atoms with van der Waals surface area (Å²) < 4.78 is 87.0. The molecule has 4 aromatic rings. The van der Waals surface area contributed by atoms with Gasteiger partial charge in [-0.15, -0.1) is 11.8 Å². The van der Waals surface area contributed by atoms with Gasteiger partial charge in [0.15, 0.2) is 29.6 Å². The quantitative estimate of drug-likeness (QED) is 0.0800. The molecule has 4 atom stereocenters. The molecule has 0 aliphatic carbocycles. The van der Waals surface area contributed by atoms with Crippen LogP contribution in [0.5, 0.6) is 5.75 Å². The van der Waals surface area contributed by atoms with E-state index in [1.807, 2.05) is 55.5 Å². The monoisotopic (exact) mass is 659 g/mol. The zero-order valence-corrected chi connectivity index (χ0v) is 25.6. The van der Waals surface area contributed by atoms with E-state index in [0.717, 1.165) is 21.8 Å². The molecule has 2 N–H and O–H groups in total. The highest BCUT2D eigenvalue weighted by Gasteiger charge is 2.38. The van der Waals surface area contributed by atoms with Crippen LogP contribution in [0.1, 0.15) is 51.9 Å². The third-order valence-corrected chi connectivity index (χ3v) is 8.88. The Labute approximate surface area is 266 Å². The number of thioether (sulfide) groups is 1. The normalized spacial score (nSPS) is 19.6. The van der Waals surface area contributed by atoms with E-state index in [1.165, 1.54) is 0 Å². The van der Waals surface area contributed by atoms with Crippen LogP contribution in [0.25, 0.3) is 0 Å². The summed E-state index contributed by atoms with van der Waals surface area (Å²) in [4.78, 5) is 13.3. The molecule has 0 saturated carbocycles. The average molecular weight is 660 g/mol. The van der Waals surface area contributed by atoms with Crippen LogP contribution in [0, 0.1) is 35.0 Å². The largest absolute Gasteiger partial charge is 0.496 e. The molecular weight excluding hydrogens is 629 g/mol. The maximum Gasteiger partial charge on any atom is 0.257 e. The number of aliphatic hydroxyl groups is 1. The van der Waals surface area contributed by atoms with Crippen molar-refractivity contribution >= 4 is 17.7 Å². The van der Waals surface area contributed by atoms with Crippen LogP contribution in [0.3, 0.4) is 0 Å². The lowest BCUT2D eigenvalue weighted by Crippen LogP contribution is -2.38. The van der Waals surface area contributed by atoms with Crippen molar-refractivity contribution in [3.8, 4) is 5.75 Å². The highest BCUT2D eigenvalue weighted by atomic mass is 32.2. The molecule has 6 nitrogen and oxygen atoms in total. The van der Waals surface area contributed by atoms with Crippen molar-refractivity contribution in [1.29, 1.82) is 0 Å². The molecule has 1 aliphatic heterocycles. The van der Waals surface area contributed by atoms with Crippen molar-refractivity contribution in [1.82, 2.24) is 5.32 Å². The van der Waals surface area contributed by atoms with Gasteiger partial charge in [-0.05, 0) is 28.8 Å². The number of amides is 1. The number of methoxy groups -OCH3 is 1. The molecule has 0 unspecified atom stereocenters. The van der Waals surface area contributed by atoms with Crippen LogP contribution in [-0.4, -0.2) is 30.0 Å².